The third kappa shape index (κ3) is 6.55. The topological polar surface area (TPSA) is 102 Å². The Morgan fingerprint density at radius 1 is 0.788 bits per heavy atom. The van der Waals surface area contributed by atoms with Gasteiger partial charge in [-0.25, -0.2) is 9.59 Å². The first kappa shape index (κ1) is 23.8. The van der Waals surface area contributed by atoms with Gasteiger partial charge in [-0.15, -0.1) is 0 Å². The summed E-state index contributed by atoms with van der Waals surface area (Å²) in [6.07, 6.45) is -0.389. The molecular weight excluding hydrogens is 428 g/mol. The molecule has 0 aromatic heterocycles. The van der Waals surface area contributed by atoms with Crippen LogP contribution in [-0.2, 0) is 19.1 Å². The summed E-state index contributed by atoms with van der Waals surface area (Å²) in [6, 6.07) is 13.8. The summed E-state index contributed by atoms with van der Waals surface area (Å²) in [6.45, 7) is 4.49. The van der Waals surface area contributed by atoms with E-state index in [2.05, 4.69) is 0 Å². The number of rotatable bonds is 6. The van der Waals surface area contributed by atoms with Gasteiger partial charge in [0.05, 0.1) is 12.2 Å². The highest BCUT2D eigenvalue weighted by molar-refractivity contribution is 5.92. The summed E-state index contributed by atoms with van der Waals surface area (Å²) < 4.78 is 15.1. The number of benzene rings is 2. The second-order valence-electron chi connectivity index (χ2n) is 7.34. The molecule has 2 aromatic rings. The Morgan fingerprint density at radius 2 is 1.33 bits per heavy atom. The van der Waals surface area contributed by atoms with Crippen LogP contribution in [-0.4, -0.2) is 73.1 Å². The number of hydrogen-bond donors (Lipinski definition) is 0. The summed E-state index contributed by atoms with van der Waals surface area (Å²) in [4.78, 5) is 50.5. The number of amides is 2. The zero-order chi connectivity index (χ0) is 23.8. The predicted molar refractivity (Wildman–Crippen MR) is 119 cm³/mol. The van der Waals surface area contributed by atoms with Crippen molar-refractivity contribution < 1.29 is 33.4 Å². The van der Waals surface area contributed by atoms with E-state index in [0.29, 0.717) is 44.1 Å². The lowest BCUT2D eigenvalue weighted by molar-refractivity contribution is -0.136. The second-order valence-corrected chi connectivity index (χ2v) is 7.34. The summed E-state index contributed by atoms with van der Waals surface area (Å²) in [7, 11) is 0. The Labute approximate surface area is 191 Å². The van der Waals surface area contributed by atoms with Crippen LogP contribution in [0.3, 0.4) is 0 Å². The molecule has 3 rings (SSSR count). The first-order valence-corrected chi connectivity index (χ1v) is 10.6. The van der Waals surface area contributed by atoms with Crippen LogP contribution in [0.5, 0.6) is 5.75 Å². The molecule has 9 nitrogen and oxygen atoms in total. The first-order valence-electron chi connectivity index (χ1n) is 10.6. The molecule has 2 amide bonds. The van der Waals surface area contributed by atoms with Gasteiger partial charge < -0.3 is 24.0 Å². The molecule has 0 spiro atoms. The molecule has 0 atom stereocenters. The van der Waals surface area contributed by atoms with Gasteiger partial charge in [-0.2, -0.15) is 0 Å². The summed E-state index contributed by atoms with van der Waals surface area (Å²) in [5.41, 5.74) is 2.09. The fraction of sp³-hybridized carbons (Fsp3) is 0.333. The van der Waals surface area contributed by atoms with E-state index in [4.69, 9.17) is 14.2 Å². The monoisotopic (exact) mass is 454 g/mol. The third-order valence-corrected chi connectivity index (χ3v) is 5.05. The number of nitrogens with zero attached hydrogens (tertiary/aromatic N) is 2. The maximum absolute atomic E-state index is 12.4. The standard InChI is InChI=1S/C24H26N2O7/c1-3-31-24(30)26-14-12-25(13-15-26)22(28)16-32-23(29)20-6-4-18(5-7-20)19-8-10-21(11-9-19)33-17(2)27/h4-11H,3,12-16H2,1-2H3. The van der Waals surface area contributed by atoms with E-state index >= 15 is 0 Å². The fourth-order valence-electron chi connectivity index (χ4n) is 3.34. The molecule has 1 fully saturated rings. The summed E-state index contributed by atoms with van der Waals surface area (Å²) in [5.74, 6) is -0.830. The van der Waals surface area contributed by atoms with E-state index in [1.807, 2.05) is 12.1 Å². The Balaban J connectivity index is 1.48. The second kappa shape index (κ2) is 11.1. The van der Waals surface area contributed by atoms with Crippen LogP contribution in [0, 0.1) is 0 Å². The number of piperazine rings is 1. The van der Waals surface area contributed by atoms with Crippen LogP contribution in [0.4, 0.5) is 4.79 Å². The van der Waals surface area contributed by atoms with Crippen LogP contribution >= 0.6 is 0 Å². The molecule has 174 valence electrons. The molecule has 2 aromatic carbocycles. The number of carbonyl (C=O) groups excluding carboxylic acids is 4. The third-order valence-electron chi connectivity index (χ3n) is 5.05. The summed E-state index contributed by atoms with van der Waals surface area (Å²) in [5, 5.41) is 0. The molecule has 0 unspecified atom stereocenters. The number of esters is 2. The Hall–Kier alpha value is -3.88. The van der Waals surface area contributed by atoms with Crippen molar-refractivity contribution in [2.45, 2.75) is 13.8 Å². The van der Waals surface area contributed by atoms with Gasteiger partial charge in [0, 0.05) is 33.1 Å². The molecule has 0 aliphatic carbocycles. The highest BCUT2D eigenvalue weighted by Gasteiger charge is 2.25. The zero-order valence-corrected chi connectivity index (χ0v) is 18.6. The normalized spacial score (nSPS) is 13.3. The molecule has 9 heteroatoms. The summed E-state index contributed by atoms with van der Waals surface area (Å²) >= 11 is 0. The maximum Gasteiger partial charge on any atom is 0.409 e. The van der Waals surface area contributed by atoms with Crippen LogP contribution in [0.25, 0.3) is 11.1 Å². The lowest BCUT2D eigenvalue weighted by Gasteiger charge is -2.33. The Bertz CT molecular complexity index is 994. The molecule has 0 saturated carbocycles. The van der Waals surface area contributed by atoms with Crippen LogP contribution in [0.15, 0.2) is 48.5 Å². The van der Waals surface area contributed by atoms with Crippen molar-refractivity contribution in [2.75, 3.05) is 39.4 Å². The zero-order valence-electron chi connectivity index (χ0n) is 18.6. The fourth-order valence-corrected chi connectivity index (χ4v) is 3.34. The van der Waals surface area contributed by atoms with E-state index < -0.39 is 5.97 Å². The van der Waals surface area contributed by atoms with Gasteiger partial charge in [0.25, 0.3) is 5.91 Å². The molecule has 33 heavy (non-hydrogen) atoms. The largest absolute Gasteiger partial charge is 0.452 e. The van der Waals surface area contributed by atoms with Crippen LogP contribution in [0.1, 0.15) is 24.2 Å². The van der Waals surface area contributed by atoms with Crippen LogP contribution < -0.4 is 4.74 Å². The van der Waals surface area contributed by atoms with E-state index in [0.717, 1.165) is 11.1 Å². The minimum Gasteiger partial charge on any atom is -0.452 e. The minimum atomic E-state index is -0.592. The van der Waals surface area contributed by atoms with E-state index in [-0.39, 0.29) is 24.6 Å². The van der Waals surface area contributed by atoms with Gasteiger partial charge in [0.2, 0.25) is 0 Å². The Kier molecular flexibility index (Phi) is 8.01. The van der Waals surface area contributed by atoms with Crippen molar-refractivity contribution in [3.8, 4) is 16.9 Å². The van der Waals surface area contributed by atoms with Crippen molar-refractivity contribution in [1.29, 1.82) is 0 Å². The molecular formula is C24H26N2O7. The van der Waals surface area contributed by atoms with Crippen LogP contribution in [0.2, 0.25) is 0 Å². The quantitative estimate of drug-likeness (QED) is 0.488. The van der Waals surface area contributed by atoms with Gasteiger partial charge in [0.15, 0.2) is 6.61 Å². The molecule has 0 N–H and O–H groups in total. The molecule has 0 bridgehead atoms. The van der Waals surface area contributed by atoms with E-state index in [9.17, 15) is 19.2 Å². The van der Waals surface area contributed by atoms with Crippen molar-refractivity contribution in [3.63, 3.8) is 0 Å². The van der Waals surface area contributed by atoms with Gasteiger partial charge in [0.1, 0.15) is 5.75 Å². The van der Waals surface area contributed by atoms with Gasteiger partial charge in [-0.05, 0) is 42.3 Å². The average molecular weight is 454 g/mol. The molecule has 0 radical (unpaired) electrons. The van der Waals surface area contributed by atoms with Gasteiger partial charge in [-0.3, -0.25) is 9.59 Å². The van der Waals surface area contributed by atoms with Crippen molar-refractivity contribution in [2.24, 2.45) is 0 Å². The number of hydrogen-bond acceptors (Lipinski definition) is 7. The number of ether oxygens (including phenoxy) is 3. The molecule has 1 heterocycles. The highest BCUT2D eigenvalue weighted by Crippen LogP contribution is 2.23. The average Bonchev–Trinajstić information content (AvgIpc) is 2.83. The molecule has 1 aliphatic heterocycles. The predicted octanol–water partition coefficient (Wildman–Crippen LogP) is 2.74. The molecule has 1 aliphatic rings. The smallest absolute Gasteiger partial charge is 0.409 e. The Morgan fingerprint density at radius 3 is 1.88 bits per heavy atom. The van der Waals surface area contributed by atoms with E-state index in [1.54, 1.807) is 53.1 Å². The first-order chi connectivity index (χ1) is 15.9. The van der Waals surface area contributed by atoms with Crippen molar-refractivity contribution in [1.82, 2.24) is 9.80 Å². The van der Waals surface area contributed by atoms with Gasteiger partial charge in [-0.1, -0.05) is 24.3 Å². The lowest BCUT2D eigenvalue weighted by Crippen LogP contribution is -2.51. The molecule has 1 saturated heterocycles. The minimum absolute atomic E-state index is 0.303. The van der Waals surface area contributed by atoms with Gasteiger partial charge >= 0.3 is 18.0 Å². The van der Waals surface area contributed by atoms with Crippen molar-refractivity contribution in [3.05, 3.63) is 54.1 Å². The number of carbonyl (C=O) groups is 4. The lowest BCUT2D eigenvalue weighted by atomic mass is 10.0. The van der Waals surface area contributed by atoms with E-state index in [1.165, 1.54) is 6.92 Å². The maximum atomic E-state index is 12.4. The van der Waals surface area contributed by atoms with Crippen molar-refractivity contribution >= 4 is 23.9 Å². The highest BCUT2D eigenvalue weighted by atomic mass is 16.6. The SMILES string of the molecule is CCOC(=O)N1CCN(C(=O)COC(=O)c2ccc(-c3ccc(OC(C)=O)cc3)cc2)CC1.